The molecule has 18 heavy (non-hydrogen) atoms. The number of carbonyl (C=O) groups is 1. The molecule has 0 radical (unpaired) electrons. The van der Waals surface area contributed by atoms with Crippen molar-refractivity contribution in [1.29, 1.82) is 0 Å². The Morgan fingerprint density at radius 2 is 2.28 bits per heavy atom. The van der Waals surface area contributed by atoms with Gasteiger partial charge < -0.3 is 9.84 Å². The number of esters is 1. The molecule has 1 fully saturated rings. The Bertz CT molecular complexity index is 245. The van der Waals surface area contributed by atoms with Crippen LogP contribution >= 0.6 is 0 Å². The molecular weight excluding hydrogens is 230 g/mol. The van der Waals surface area contributed by atoms with Gasteiger partial charge in [-0.1, -0.05) is 19.8 Å². The van der Waals surface area contributed by atoms with Crippen molar-refractivity contribution < 1.29 is 14.6 Å². The molecule has 0 saturated carbocycles. The summed E-state index contributed by atoms with van der Waals surface area (Å²) in [6.07, 6.45) is 7.14. The summed E-state index contributed by atoms with van der Waals surface area (Å²) in [5.41, 5.74) is 0. The van der Waals surface area contributed by atoms with E-state index in [9.17, 15) is 4.79 Å². The van der Waals surface area contributed by atoms with E-state index in [1.54, 1.807) is 0 Å². The first kappa shape index (κ1) is 15.4. The zero-order chi connectivity index (χ0) is 13.4. The van der Waals surface area contributed by atoms with Crippen LogP contribution in [0.1, 0.15) is 51.9 Å². The second-order valence-corrected chi connectivity index (χ2v) is 5.08. The Hall–Kier alpha value is -0.610. The Balaban J connectivity index is 2.60. The van der Waals surface area contributed by atoms with E-state index in [1.807, 2.05) is 0 Å². The average molecular weight is 257 g/mol. The largest absolute Gasteiger partial charge is 0.468 e. The quantitative estimate of drug-likeness (QED) is 0.675. The monoisotopic (exact) mass is 257 g/mol. The number of aliphatic hydroxyl groups excluding tert-OH is 1. The number of ether oxygens (including phenoxy) is 1. The number of nitrogens with zero attached hydrogens (tertiary/aromatic N) is 1. The van der Waals surface area contributed by atoms with Gasteiger partial charge in [0.05, 0.1) is 7.11 Å². The average Bonchev–Trinajstić information content (AvgIpc) is 2.84. The summed E-state index contributed by atoms with van der Waals surface area (Å²) in [4.78, 5) is 14.2. The predicted molar refractivity (Wildman–Crippen MR) is 71.4 cm³/mol. The third-order valence-corrected chi connectivity index (χ3v) is 3.82. The summed E-state index contributed by atoms with van der Waals surface area (Å²) in [6, 6.07) is 0.360. The lowest BCUT2D eigenvalue weighted by Crippen LogP contribution is -2.44. The standard InChI is InChI=1S/C14H27NO3/c1-3-4-9-13(14(17)18-2)15-10-5-7-12(15)8-6-11-16/h12-13,16H,3-11H2,1-2H3. The number of hydrogen-bond acceptors (Lipinski definition) is 4. The summed E-state index contributed by atoms with van der Waals surface area (Å²) >= 11 is 0. The molecule has 1 saturated heterocycles. The second-order valence-electron chi connectivity index (χ2n) is 5.08. The van der Waals surface area contributed by atoms with Gasteiger partial charge in [-0.05, 0) is 38.6 Å². The molecule has 0 amide bonds. The number of likely N-dealkylation sites (tertiary alicyclic amines) is 1. The van der Waals surface area contributed by atoms with E-state index < -0.39 is 0 Å². The summed E-state index contributed by atoms with van der Waals surface area (Å²) in [6.45, 7) is 3.36. The molecule has 4 nitrogen and oxygen atoms in total. The predicted octanol–water partition coefficient (Wildman–Crippen LogP) is 1.96. The molecule has 1 N–H and O–H groups in total. The zero-order valence-corrected chi connectivity index (χ0v) is 11.7. The smallest absolute Gasteiger partial charge is 0.323 e. The summed E-state index contributed by atoms with van der Waals surface area (Å²) in [7, 11) is 1.47. The lowest BCUT2D eigenvalue weighted by Gasteiger charge is -2.31. The highest BCUT2D eigenvalue weighted by Gasteiger charge is 2.34. The number of methoxy groups -OCH3 is 1. The normalized spacial score (nSPS) is 22.1. The van der Waals surface area contributed by atoms with Gasteiger partial charge in [0.25, 0.3) is 0 Å². The summed E-state index contributed by atoms with van der Waals surface area (Å²) in [5.74, 6) is -0.0978. The van der Waals surface area contributed by atoms with E-state index in [1.165, 1.54) is 7.11 Å². The van der Waals surface area contributed by atoms with Crippen LogP contribution in [0.3, 0.4) is 0 Å². The molecule has 1 heterocycles. The fourth-order valence-electron chi connectivity index (χ4n) is 2.86. The van der Waals surface area contributed by atoms with Gasteiger partial charge in [-0.3, -0.25) is 9.69 Å². The van der Waals surface area contributed by atoms with Crippen molar-refractivity contribution in [3.63, 3.8) is 0 Å². The molecule has 1 rings (SSSR count). The molecule has 4 heteroatoms. The topological polar surface area (TPSA) is 49.8 Å². The molecule has 0 aromatic carbocycles. The fourth-order valence-corrected chi connectivity index (χ4v) is 2.86. The lowest BCUT2D eigenvalue weighted by molar-refractivity contribution is -0.147. The molecule has 0 spiro atoms. The van der Waals surface area contributed by atoms with Crippen LogP contribution in [0.2, 0.25) is 0 Å². The molecule has 0 aliphatic carbocycles. The first-order chi connectivity index (χ1) is 8.74. The number of rotatable bonds is 8. The molecule has 0 bridgehead atoms. The van der Waals surface area contributed by atoms with Crippen molar-refractivity contribution in [2.75, 3.05) is 20.3 Å². The van der Waals surface area contributed by atoms with E-state index in [2.05, 4.69) is 11.8 Å². The third kappa shape index (κ3) is 4.25. The molecule has 1 aliphatic heterocycles. The van der Waals surface area contributed by atoms with Crippen LogP contribution < -0.4 is 0 Å². The van der Waals surface area contributed by atoms with E-state index in [4.69, 9.17) is 9.84 Å². The van der Waals surface area contributed by atoms with Crippen LogP contribution in [0.5, 0.6) is 0 Å². The van der Waals surface area contributed by atoms with Gasteiger partial charge in [-0.15, -0.1) is 0 Å². The van der Waals surface area contributed by atoms with Crippen LogP contribution in [0, 0.1) is 0 Å². The van der Waals surface area contributed by atoms with Gasteiger partial charge >= 0.3 is 5.97 Å². The van der Waals surface area contributed by atoms with E-state index in [0.29, 0.717) is 6.04 Å². The molecular formula is C14H27NO3. The van der Waals surface area contributed by atoms with Gasteiger partial charge in [0.2, 0.25) is 0 Å². The Labute approximate surface area is 110 Å². The Morgan fingerprint density at radius 1 is 1.50 bits per heavy atom. The van der Waals surface area contributed by atoms with Gasteiger partial charge in [0.1, 0.15) is 6.04 Å². The summed E-state index contributed by atoms with van der Waals surface area (Å²) in [5, 5.41) is 8.94. The highest BCUT2D eigenvalue weighted by atomic mass is 16.5. The minimum absolute atomic E-state index is 0.0823. The van der Waals surface area contributed by atoms with Gasteiger partial charge in [-0.25, -0.2) is 0 Å². The lowest BCUT2D eigenvalue weighted by atomic mass is 10.0. The molecule has 0 aromatic rings. The van der Waals surface area contributed by atoms with Crippen molar-refractivity contribution in [1.82, 2.24) is 4.90 Å². The van der Waals surface area contributed by atoms with Gasteiger partial charge in [-0.2, -0.15) is 0 Å². The molecule has 1 aliphatic rings. The van der Waals surface area contributed by atoms with E-state index in [0.717, 1.165) is 51.5 Å². The summed E-state index contributed by atoms with van der Waals surface area (Å²) < 4.78 is 4.94. The maximum atomic E-state index is 11.9. The highest BCUT2D eigenvalue weighted by molar-refractivity contribution is 5.75. The Morgan fingerprint density at radius 3 is 2.89 bits per heavy atom. The third-order valence-electron chi connectivity index (χ3n) is 3.82. The van der Waals surface area contributed by atoms with Crippen LogP contribution in [0.25, 0.3) is 0 Å². The number of aliphatic hydroxyl groups is 1. The maximum absolute atomic E-state index is 11.9. The number of unbranched alkanes of at least 4 members (excludes halogenated alkanes) is 1. The minimum Gasteiger partial charge on any atom is -0.468 e. The number of carbonyl (C=O) groups excluding carboxylic acids is 1. The van der Waals surface area contributed by atoms with Crippen molar-refractivity contribution in [3.05, 3.63) is 0 Å². The second kappa shape index (κ2) is 8.48. The van der Waals surface area contributed by atoms with Gasteiger partial charge in [0, 0.05) is 12.6 Å². The molecule has 2 unspecified atom stereocenters. The minimum atomic E-state index is -0.0978. The number of hydrogen-bond donors (Lipinski definition) is 1. The van der Waals surface area contributed by atoms with Gasteiger partial charge in [0.15, 0.2) is 0 Å². The van der Waals surface area contributed by atoms with Crippen LogP contribution in [0.4, 0.5) is 0 Å². The van der Waals surface area contributed by atoms with Crippen LogP contribution in [-0.4, -0.2) is 48.3 Å². The van der Waals surface area contributed by atoms with E-state index in [-0.39, 0.29) is 18.6 Å². The van der Waals surface area contributed by atoms with Crippen molar-refractivity contribution in [3.8, 4) is 0 Å². The maximum Gasteiger partial charge on any atom is 0.323 e. The molecule has 0 aromatic heterocycles. The van der Waals surface area contributed by atoms with E-state index >= 15 is 0 Å². The first-order valence-electron chi connectivity index (χ1n) is 7.19. The zero-order valence-electron chi connectivity index (χ0n) is 11.7. The highest BCUT2D eigenvalue weighted by Crippen LogP contribution is 2.26. The Kier molecular flexibility index (Phi) is 7.28. The van der Waals surface area contributed by atoms with Crippen molar-refractivity contribution in [2.24, 2.45) is 0 Å². The fraction of sp³-hybridized carbons (Fsp3) is 0.929. The van der Waals surface area contributed by atoms with Crippen molar-refractivity contribution in [2.45, 2.75) is 64.0 Å². The van der Waals surface area contributed by atoms with Crippen LogP contribution in [0.15, 0.2) is 0 Å². The van der Waals surface area contributed by atoms with Crippen molar-refractivity contribution >= 4 is 5.97 Å². The molecule has 2 atom stereocenters. The van der Waals surface area contributed by atoms with Crippen LogP contribution in [-0.2, 0) is 9.53 Å². The molecule has 106 valence electrons. The SMILES string of the molecule is CCCCC(C(=O)OC)N1CCCC1CCCO. The first-order valence-corrected chi connectivity index (χ1v) is 7.19.